The Hall–Kier alpha value is -0.0800. The van der Waals surface area contributed by atoms with Crippen LogP contribution >= 0.6 is 0 Å². The van der Waals surface area contributed by atoms with Crippen molar-refractivity contribution in [2.45, 2.75) is 64.8 Å². The Balaban J connectivity index is 1.96. The molecule has 0 radical (unpaired) electrons. The average Bonchev–Trinajstić information content (AvgIpc) is 2.77. The molecule has 2 aliphatic rings. The third-order valence-electron chi connectivity index (χ3n) is 4.85. The largest absolute Gasteiger partial charge is 0.316 e. The van der Waals surface area contributed by atoms with Crippen LogP contribution in [0.15, 0.2) is 0 Å². The molecule has 100 valence electrons. The van der Waals surface area contributed by atoms with Crippen LogP contribution in [0, 0.1) is 5.41 Å². The highest BCUT2D eigenvalue weighted by Gasteiger charge is 2.35. The molecule has 0 amide bonds. The van der Waals surface area contributed by atoms with E-state index in [4.69, 9.17) is 0 Å². The minimum Gasteiger partial charge on any atom is -0.316 e. The molecular formula is C15H30N2. The summed E-state index contributed by atoms with van der Waals surface area (Å²) in [5.74, 6) is 0. The lowest BCUT2D eigenvalue weighted by Crippen LogP contribution is -2.48. The van der Waals surface area contributed by atoms with Crippen molar-refractivity contribution < 1.29 is 0 Å². The van der Waals surface area contributed by atoms with Gasteiger partial charge in [0.15, 0.2) is 0 Å². The Morgan fingerprint density at radius 3 is 2.82 bits per heavy atom. The molecule has 2 atom stereocenters. The Kier molecular flexibility index (Phi) is 4.87. The lowest BCUT2D eigenvalue weighted by atomic mass is 9.76. The lowest BCUT2D eigenvalue weighted by Gasteiger charge is -2.42. The van der Waals surface area contributed by atoms with Gasteiger partial charge in [-0.15, -0.1) is 0 Å². The van der Waals surface area contributed by atoms with Crippen molar-refractivity contribution in [1.29, 1.82) is 0 Å². The van der Waals surface area contributed by atoms with E-state index in [1.165, 1.54) is 71.1 Å². The first-order valence-electron chi connectivity index (χ1n) is 7.74. The Bertz CT molecular complexity index is 215. The first-order chi connectivity index (χ1) is 8.29. The van der Waals surface area contributed by atoms with Gasteiger partial charge in [0.2, 0.25) is 0 Å². The number of nitrogens with one attached hydrogen (secondary N) is 1. The van der Waals surface area contributed by atoms with E-state index in [9.17, 15) is 0 Å². The molecular weight excluding hydrogens is 208 g/mol. The predicted octanol–water partition coefficient (Wildman–Crippen LogP) is 3.03. The van der Waals surface area contributed by atoms with Crippen LogP contribution in [0.4, 0.5) is 0 Å². The number of hydrogen-bond donors (Lipinski definition) is 1. The van der Waals surface area contributed by atoms with Crippen LogP contribution in [0.1, 0.15) is 58.8 Å². The van der Waals surface area contributed by atoms with Gasteiger partial charge in [-0.1, -0.05) is 20.3 Å². The van der Waals surface area contributed by atoms with E-state index in [1.807, 2.05) is 0 Å². The van der Waals surface area contributed by atoms with Crippen molar-refractivity contribution >= 4 is 0 Å². The van der Waals surface area contributed by atoms with E-state index in [1.54, 1.807) is 0 Å². The Labute approximate surface area is 107 Å². The SMILES string of the molecule is CCCC1(CN2CCCC2CC)CCCNC1. The van der Waals surface area contributed by atoms with Gasteiger partial charge in [0.25, 0.3) is 0 Å². The maximum atomic E-state index is 3.64. The number of hydrogen-bond acceptors (Lipinski definition) is 2. The molecule has 17 heavy (non-hydrogen) atoms. The van der Waals surface area contributed by atoms with Crippen LogP contribution in [0.5, 0.6) is 0 Å². The predicted molar refractivity (Wildman–Crippen MR) is 74.3 cm³/mol. The second-order valence-electron chi connectivity index (χ2n) is 6.21. The number of rotatable bonds is 5. The van der Waals surface area contributed by atoms with Crippen molar-refractivity contribution in [1.82, 2.24) is 10.2 Å². The second kappa shape index (κ2) is 6.19. The molecule has 0 spiro atoms. The summed E-state index contributed by atoms with van der Waals surface area (Å²) in [5, 5.41) is 3.64. The number of likely N-dealkylation sites (tertiary alicyclic amines) is 1. The smallest absolute Gasteiger partial charge is 0.00933 e. The van der Waals surface area contributed by atoms with Crippen LogP contribution < -0.4 is 5.32 Å². The van der Waals surface area contributed by atoms with E-state index < -0.39 is 0 Å². The summed E-state index contributed by atoms with van der Waals surface area (Å²) in [7, 11) is 0. The minimum atomic E-state index is 0.588. The lowest BCUT2D eigenvalue weighted by molar-refractivity contribution is 0.0969. The van der Waals surface area contributed by atoms with Crippen LogP contribution in [-0.4, -0.2) is 37.1 Å². The van der Waals surface area contributed by atoms with Crippen molar-refractivity contribution in [3.05, 3.63) is 0 Å². The number of piperidine rings is 1. The normalized spacial score (nSPS) is 35.3. The van der Waals surface area contributed by atoms with Crippen LogP contribution in [0.25, 0.3) is 0 Å². The maximum Gasteiger partial charge on any atom is 0.00933 e. The molecule has 1 N–H and O–H groups in total. The molecule has 0 aromatic rings. The Morgan fingerprint density at radius 2 is 2.18 bits per heavy atom. The van der Waals surface area contributed by atoms with Gasteiger partial charge in [0, 0.05) is 19.1 Å². The van der Waals surface area contributed by atoms with Crippen LogP contribution in [0.3, 0.4) is 0 Å². The van der Waals surface area contributed by atoms with E-state index in [2.05, 4.69) is 24.1 Å². The summed E-state index contributed by atoms with van der Waals surface area (Å²) < 4.78 is 0. The van der Waals surface area contributed by atoms with E-state index >= 15 is 0 Å². The zero-order chi connectivity index (χ0) is 12.1. The van der Waals surface area contributed by atoms with Crippen LogP contribution in [0.2, 0.25) is 0 Å². The topological polar surface area (TPSA) is 15.3 Å². The molecule has 2 aliphatic heterocycles. The summed E-state index contributed by atoms with van der Waals surface area (Å²) in [6.45, 7) is 9.90. The van der Waals surface area contributed by atoms with Gasteiger partial charge < -0.3 is 5.32 Å². The zero-order valence-electron chi connectivity index (χ0n) is 11.8. The van der Waals surface area contributed by atoms with Gasteiger partial charge in [-0.2, -0.15) is 0 Å². The molecule has 2 heterocycles. The van der Waals surface area contributed by atoms with Crippen molar-refractivity contribution in [2.24, 2.45) is 5.41 Å². The summed E-state index contributed by atoms with van der Waals surface area (Å²) in [6, 6.07) is 0.880. The zero-order valence-corrected chi connectivity index (χ0v) is 11.8. The fraction of sp³-hybridized carbons (Fsp3) is 1.00. The second-order valence-corrected chi connectivity index (χ2v) is 6.21. The van der Waals surface area contributed by atoms with Gasteiger partial charge in [-0.25, -0.2) is 0 Å². The molecule has 0 saturated carbocycles. The third kappa shape index (κ3) is 3.23. The van der Waals surface area contributed by atoms with Crippen LogP contribution in [-0.2, 0) is 0 Å². The fourth-order valence-corrected chi connectivity index (χ4v) is 3.98. The molecule has 0 aromatic carbocycles. The van der Waals surface area contributed by atoms with Crippen molar-refractivity contribution in [3.63, 3.8) is 0 Å². The Morgan fingerprint density at radius 1 is 1.29 bits per heavy atom. The summed E-state index contributed by atoms with van der Waals surface area (Å²) >= 11 is 0. The molecule has 0 aliphatic carbocycles. The third-order valence-corrected chi connectivity index (χ3v) is 4.85. The summed E-state index contributed by atoms with van der Waals surface area (Å²) in [6.07, 6.45) is 9.78. The summed E-state index contributed by atoms with van der Waals surface area (Å²) in [4.78, 5) is 2.79. The molecule has 2 nitrogen and oxygen atoms in total. The number of nitrogens with zero attached hydrogens (tertiary/aromatic N) is 1. The van der Waals surface area contributed by atoms with Gasteiger partial charge in [0.1, 0.15) is 0 Å². The standard InChI is InChI=1S/C15H30N2/c1-3-8-15(9-6-10-16-12-15)13-17-11-5-7-14(17)4-2/h14,16H,3-13H2,1-2H3. The highest BCUT2D eigenvalue weighted by Crippen LogP contribution is 2.35. The highest BCUT2D eigenvalue weighted by atomic mass is 15.2. The minimum absolute atomic E-state index is 0.588. The van der Waals surface area contributed by atoms with E-state index in [0.29, 0.717) is 5.41 Å². The van der Waals surface area contributed by atoms with E-state index in [-0.39, 0.29) is 0 Å². The monoisotopic (exact) mass is 238 g/mol. The summed E-state index contributed by atoms with van der Waals surface area (Å²) in [5.41, 5.74) is 0.588. The average molecular weight is 238 g/mol. The molecule has 2 unspecified atom stereocenters. The quantitative estimate of drug-likeness (QED) is 0.792. The fourth-order valence-electron chi connectivity index (χ4n) is 3.98. The molecule has 2 rings (SSSR count). The highest BCUT2D eigenvalue weighted by molar-refractivity contribution is 4.91. The molecule has 2 heteroatoms. The molecule has 2 fully saturated rings. The molecule has 0 aromatic heterocycles. The van der Waals surface area contributed by atoms with Crippen molar-refractivity contribution in [3.8, 4) is 0 Å². The van der Waals surface area contributed by atoms with Gasteiger partial charge in [-0.3, -0.25) is 4.90 Å². The first kappa shape index (κ1) is 13.4. The van der Waals surface area contributed by atoms with Crippen molar-refractivity contribution in [2.75, 3.05) is 26.2 Å². The van der Waals surface area contributed by atoms with E-state index in [0.717, 1.165) is 6.04 Å². The maximum absolute atomic E-state index is 3.64. The molecule has 2 saturated heterocycles. The van der Waals surface area contributed by atoms with Gasteiger partial charge in [-0.05, 0) is 57.0 Å². The van der Waals surface area contributed by atoms with Gasteiger partial charge in [0.05, 0.1) is 0 Å². The first-order valence-corrected chi connectivity index (χ1v) is 7.74. The van der Waals surface area contributed by atoms with Gasteiger partial charge >= 0.3 is 0 Å². The molecule has 0 bridgehead atoms.